The summed E-state index contributed by atoms with van der Waals surface area (Å²) < 4.78 is 8.36. The van der Waals surface area contributed by atoms with Gasteiger partial charge in [0.1, 0.15) is 5.75 Å². The minimum atomic E-state index is -0.0957. The SMILES string of the molecule is CCn1c(SCC(=O)Nc2ccccc2I)nnc1-c1cc(Cl)ccc1OC. The van der Waals surface area contributed by atoms with Gasteiger partial charge in [0, 0.05) is 15.1 Å². The van der Waals surface area contributed by atoms with E-state index >= 15 is 0 Å². The van der Waals surface area contributed by atoms with Crippen molar-refractivity contribution in [1.82, 2.24) is 14.8 Å². The van der Waals surface area contributed by atoms with E-state index in [2.05, 4.69) is 38.1 Å². The van der Waals surface area contributed by atoms with Crippen molar-refractivity contribution in [3.05, 3.63) is 51.1 Å². The number of nitrogens with zero attached hydrogens (tertiary/aromatic N) is 3. The largest absolute Gasteiger partial charge is 0.496 e. The van der Waals surface area contributed by atoms with Crippen LogP contribution >= 0.6 is 46.0 Å². The first-order valence-electron chi connectivity index (χ1n) is 8.47. The molecule has 1 N–H and O–H groups in total. The topological polar surface area (TPSA) is 69.0 Å². The molecule has 0 aliphatic heterocycles. The van der Waals surface area contributed by atoms with Gasteiger partial charge in [-0.2, -0.15) is 0 Å². The molecule has 0 unspecified atom stereocenters. The lowest BCUT2D eigenvalue weighted by atomic mass is 10.2. The lowest BCUT2D eigenvalue weighted by Gasteiger charge is -2.11. The Hall–Kier alpha value is -1.78. The van der Waals surface area contributed by atoms with Gasteiger partial charge in [-0.25, -0.2) is 0 Å². The van der Waals surface area contributed by atoms with Crippen molar-refractivity contribution < 1.29 is 9.53 Å². The molecule has 1 aromatic heterocycles. The van der Waals surface area contributed by atoms with Crippen molar-refractivity contribution in [1.29, 1.82) is 0 Å². The second-order valence-electron chi connectivity index (χ2n) is 5.71. The van der Waals surface area contributed by atoms with Crippen molar-refractivity contribution in [2.45, 2.75) is 18.6 Å². The molecule has 0 radical (unpaired) electrons. The standard InChI is InChI=1S/C19H18ClIN4O2S/c1-3-25-18(13-10-12(20)8-9-16(13)27-2)23-24-19(25)28-11-17(26)22-15-7-5-4-6-14(15)21/h4-10H,3,11H2,1-2H3,(H,22,26). The van der Waals surface area contributed by atoms with Crippen LogP contribution < -0.4 is 10.1 Å². The number of benzene rings is 2. The molecule has 0 atom stereocenters. The van der Waals surface area contributed by atoms with E-state index in [1.165, 1.54) is 11.8 Å². The van der Waals surface area contributed by atoms with Gasteiger partial charge in [0.2, 0.25) is 5.91 Å². The molecule has 0 aliphatic carbocycles. The van der Waals surface area contributed by atoms with E-state index in [0.29, 0.717) is 28.3 Å². The summed E-state index contributed by atoms with van der Waals surface area (Å²) in [4.78, 5) is 12.3. The quantitative estimate of drug-likeness (QED) is 0.347. The maximum absolute atomic E-state index is 12.3. The number of hydrogen-bond donors (Lipinski definition) is 1. The molecule has 2 aromatic carbocycles. The molecule has 0 saturated heterocycles. The van der Waals surface area contributed by atoms with Crippen molar-refractivity contribution in [3.63, 3.8) is 0 Å². The smallest absolute Gasteiger partial charge is 0.234 e. The van der Waals surface area contributed by atoms with Crippen molar-refractivity contribution in [2.75, 3.05) is 18.2 Å². The molecule has 3 aromatic rings. The highest BCUT2D eigenvalue weighted by molar-refractivity contribution is 14.1. The van der Waals surface area contributed by atoms with Gasteiger partial charge in [0.25, 0.3) is 0 Å². The van der Waals surface area contributed by atoms with Gasteiger partial charge >= 0.3 is 0 Å². The number of anilines is 1. The summed E-state index contributed by atoms with van der Waals surface area (Å²) in [6.45, 7) is 2.65. The maximum atomic E-state index is 12.3. The molecule has 9 heteroatoms. The molecule has 1 heterocycles. The highest BCUT2D eigenvalue weighted by Gasteiger charge is 2.18. The predicted molar refractivity (Wildman–Crippen MR) is 121 cm³/mol. The first-order chi connectivity index (χ1) is 13.5. The lowest BCUT2D eigenvalue weighted by Crippen LogP contribution is -2.15. The zero-order valence-corrected chi connectivity index (χ0v) is 19.0. The van der Waals surface area contributed by atoms with Crippen molar-refractivity contribution in [2.24, 2.45) is 0 Å². The normalized spacial score (nSPS) is 10.7. The van der Waals surface area contributed by atoms with Gasteiger partial charge in [-0.3, -0.25) is 4.79 Å². The van der Waals surface area contributed by atoms with Gasteiger partial charge in [-0.15, -0.1) is 10.2 Å². The average molecular weight is 529 g/mol. The van der Waals surface area contributed by atoms with E-state index in [1.807, 2.05) is 35.8 Å². The fraction of sp³-hybridized carbons (Fsp3) is 0.211. The van der Waals surface area contributed by atoms with Gasteiger partial charge < -0.3 is 14.6 Å². The fourth-order valence-electron chi connectivity index (χ4n) is 2.61. The number of carbonyl (C=O) groups is 1. The fourth-order valence-corrected chi connectivity index (χ4v) is 4.11. The van der Waals surface area contributed by atoms with Crippen LogP contribution in [0, 0.1) is 3.57 Å². The van der Waals surface area contributed by atoms with Crippen LogP contribution in [0.2, 0.25) is 5.02 Å². The Morgan fingerprint density at radius 1 is 1.29 bits per heavy atom. The summed E-state index contributed by atoms with van der Waals surface area (Å²) in [7, 11) is 1.60. The van der Waals surface area contributed by atoms with Crippen LogP contribution in [0.5, 0.6) is 5.75 Å². The molecule has 0 saturated carbocycles. The van der Waals surface area contributed by atoms with Crippen LogP contribution in [0.25, 0.3) is 11.4 Å². The number of hydrogen-bond acceptors (Lipinski definition) is 5. The molecule has 0 aliphatic rings. The molecule has 6 nitrogen and oxygen atoms in total. The second kappa shape index (κ2) is 9.62. The Bertz CT molecular complexity index is 996. The van der Waals surface area contributed by atoms with Gasteiger partial charge in [-0.05, 0) is 59.8 Å². The number of nitrogens with one attached hydrogen (secondary N) is 1. The van der Waals surface area contributed by atoms with Crippen LogP contribution in [0.3, 0.4) is 0 Å². The highest BCUT2D eigenvalue weighted by atomic mass is 127. The molecule has 0 fully saturated rings. The molecule has 146 valence electrons. The number of aromatic nitrogens is 3. The summed E-state index contributed by atoms with van der Waals surface area (Å²) in [5, 5.41) is 12.7. The summed E-state index contributed by atoms with van der Waals surface area (Å²) in [5.74, 6) is 1.46. The molecule has 0 bridgehead atoms. The molecular weight excluding hydrogens is 511 g/mol. The van der Waals surface area contributed by atoms with E-state index in [4.69, 9.17) is 16.3 Å². The number of para-hydroxylation sites is 1. The van der Waals surface area contributed by atoms with Crippen LogP contribution in [0.4, 0.5) is 5.69 Å². The van der Waals surface area contributed by atoms with E-state index < -0.39 is 0 Å². The molecule has 0 spiro atoms. The van der Waals surface area contributed by atoms with Crippen LogP contribution in [-0.4, -0.2) is 33.5 Å². The average Bonchev–Trinajstić information content (AvgIpc) is 3.11. The molecule has 28 heavy (non-hydrogen) atoms. The third-order valence-electron chi connectivity index (χ3n) is 3.92. The zero-order chi connectivity index (χ0) is 20.1. The first kappa shape index (κ1) is 20.9. The second-order valence-corrected chi connectivity index (χ2v) is 8.25. The summed E-state index contributed by atoms with van der Waals surface area (Å²) >= 11 is 9.68. The zero-order valence-electron chi connectivity index (χ0n) is 15.3. The van der Waals surface area contributed by atoms with E-state index in [9.17, 15) is 4.79 Å². The number of methoxy groups -OCH3 is 1. The lowest BCUT2D eigenvalue weighted by molar-refractivity contribution is -0.113. The maximum Gasteiger partial charge on any atom is 0.234 e. The molecule has 3 rings (SSSR count). The van der Waals surface area contributed by atoms with Crippen molar-refractivity contribution >= 4 is 57.5 Å². The van der Waals surface area contributed by atoms with E-state index in [-0.39, 0.29) is 11.7 Å². The number of halogens is 2. The summed E-state index contributed by atoms with van der Waals surface area (Å²) in [5.41, 5.74) is 1.56. The first-order valence-corrected chi connectivity index (χ1v) is 10.9. The van der Waals surface area contributed by atoms with Gasteiger partial charge in [-0.1, -0.05) is 35.5 Å². The monoisotopic (exact) mass is 528 g/mol. The predicted octanol–water partition coefficient (Wildman–Crippen LogP) is 4.96. The number of amides is 1. The minimum absolute atomic E-state index is 0.0957. The Morgan fingerprint density at radius 3 is 2.79 bits per heavy atom. The van der Waals surface area contributed by atoms with E-state index in [1.54, 1.807) is 25.3 Å². The number of thioether (sulfide) groups is 1. The molecular formula is C19H18ClIN4O2S. The Balaban J connectivity index is 1.77. The van der Waals surface area contributed by atoms with Crippen LogP contribution in [-0.2, 0) is 11.3 Å². The third kappa shape index (κ3) is 4.79. The highest BCUT2D eigenvalue weighted by Crippen LogP contribution is 2.33. The Labute approximate surface area is 186 Å². The number of ether oxygens (including phenoxy) is 1. The number of carbonyl (C=O) groups excluding carboxylic acids is 1. The van der Waals surface area contributed by atoms with Gasteiger partial charge in [0.15, 0.2) is 11.0 Å². The van der Waals surface area contributed by atoms with E-state index in [0.717, 1.165) is 14.8 Å². The summed E-state index contributed by atoms with van der Waals surface area (Å²) in [6.07, 6.45) is 0. The van der Waals surface area contributed by atoms with Gasteiger partial charge in [0.05, 0.1) is 24.1 Å². The van der Waals surface area contributed by atoms with Crippen molar-refractivity contribution in [3.8, 4) is 17.1 Å². The Kier molecular flexibility index (Phi) is 7.19. The third-order valence-corrected chi connectivity index (χ3v) is 6.06. The number of rotatable bonds is 7. The molecule has 1 amide bonds. The van der Waals surface area contributed by atoms with Crippen LogP contribution in [0.1, 0.15) is 6.92 Å². The Morgan fingerprint density at radius 2 is 2.07 bits per heavy atom. The summed E-state index contributed by atoms with van der Waals surface area (Å²) in [6, 6.07) is 13.0. The van der Waals surface area contributed by atoms with Crippen LogP contribution in [0.15, 0.2) is 47.6 Å². The minimum Gasteiger partial charge on any atom is -0.496 e.